The summed E-state index contributed by atoms with van der Waals surface area (Å²) in [6, 6.07) is 8.33. The zero-order chi connectivity index (χ0) is 15.6. The molecule has 0 aliphatic rings. The van der Waals surface area contributed by atoms with Crippen LogP contribution < -0.4 is 5.32 Å². The second-order valence-corrected chi connectivity index (χ2v) is 6.05. The number of alkyl halides is 3. The molecule has 1 N–H and O–H groups in total. The molecule has 0 bridgehead atoms. The van der Waals surface area contributed by atoms with E-state index in [1.165, 1.54) is 18.2 Å². The Morgan fingerprint density at radius 3 is 2.33 bits per heavy atom. The van der Waals surface area contributed by atoms with Crippen LogP contribution in [0, 0.1) is 5.82 Å². The molecule has 21 heavy (non-hydrogen) atoms. The van der Waals surface area contributed by atoms with Crippen LogP contribution in [0.2, 0.25) is 0 Å². The highest BCUT2D eigenvalue weighted by molar-refractivity contribution is 9.10. The van der Waals surface area contributed by atoms with Gasteiger partial charge in [0, 0.05) is 26.7 Å². The maximum absolute atomic E-state index is 13.6. The van der Waals surface area contributed by atoms with E-state index in [0.717, 1.165) is 6.07 Å². The van der Waals surface area contributed by atoms with Crippen LogP contribution in [0.4, 0.5) is 23.2 Å². The Bertz CT molecular complexity index is 656. The van der Waals surface area contributed by atoms with E-state index in [9.17, 15) is 17.6 Å². The van der Waals surface area contributed by atoms with Crippen molar-refractivity contribution in [1.29, 1.82) is 0 Å². The van der Waals surface area contributed by atoms with Crippen molar-refractivity contribution in [3.63, 3.8) is 0 Å². The lowest BCUT2D eigenvalue weighted by molar-refractivity contribution is -0.138. The van der Waals surface area contributed by atoms with Crippen molar-refractivity contribution < 1.29 is 17.6 Å². The second-order valence-electron chi connectivity index (χ2n) is 4.28. The Hall–Kier alpha value is -1.08. The molecule has 2 rings (SSSR count). The summed E-state index contributed by atoms with van der Waals surface area (Å²) in [5.74, 6) is -0.426. The predicted molar refractivity (Wildman–Crippen MR) is 80.6 cm³/mol. The molecule has 0 fully saturated rings. The molecule has 0 spiro atoms. The van der Waals surface area contributed by atoms with Gasteiger partial charge in [-0.3, -0.25) is 0 Å². The maximum atomic E-state index is 13.6. The van der Waals surface area contributed by atoms with Gasteiger partial charge in [-0.15, -0.1) is 0 Å². The molecule has 0 saturated heterocycles. The second kappa shape index (κ2) is 6.36. The van der Waals surface area contributed by atoms with Crippen molar-refractivity contribution in [3.8, 4) is 0 Å². The van der Waals surface area contributed by atoms with Gasteiger partial charge in [-0.25, -0.2) is 4.39 Å². The van der Waals surface area contributed by atoms with E-state index < -0.39 is 17.6 Å². The predicted octanol–water partition coefficient (Wildman–Crippen LogP) is 5.98. The molecule has 1 nitrogen and oxygen atoms in total. The Labute approximate surface area is 135 Å². The third kappa shape index (κ3) is 4.20. The fourth-order valence-electron chi connectivity index (χ4n) is 1.71. The van der Waals surface area contributed by atoms with Crippen molar-refractivity contribution in [3.05, 3.63) is 62.3 Å². The molecule has 0 radical (unpaired) electrons. The molecule has 0 aromatic heterocycles. The van der Waals surface area contributed by atoms with Crippen LogP contribution in [0.3, 0.4) is 0 Å². The summed E-state index contributed by atoms with van der Waals surface area (Å²) >= 11 is 6.01. The number of hydrogen-bond donors (Lipinski definition) is 1. The largest absolute Gasteiger partial charge is 0.417 e. The summed E-state index contributed by atoms with van der Waals surface area (Å²) in [6.45, 7) is 0.0953. The zero-order valence-corrected chi connectivity index (χ0v) is 13.6. The van der Waals surface area contributed by atoms with Gasteiger partial charge in [-0.1, -0.05) is 37.9 Å². The quantitative estimate of drug-likeness (QED) is 0.595. The molecule has 0 unspecified atom stereocenters. The van der Waals surface area contributed by atoms with E-state index in [1.54, 1.807) is 12.1 Å². The van der Waals surface area contributed by atoms with E-state index in [2.05, 4.69) is 37.2 Å². The van der Waals surface area contributed by atoms with Crippen molar-refractivity contribution in [2.75, 3.05) is 5.32 Å². The first-order valence-corrected chi connectivity index (χ1v) is 7.40. The maximum Gasteiger partial charge on any atom is 0.417 e. The zero-order valence-electron chi connectivity index (χ0n) is 10.4. The monoisotopic (exact) mass is 425 g/mol. The molecular formula is C14H9Br2F4N. The van der Waals surface area contributed by atoms with Crippen molar-refractivity contribution in [2.24, 2.45) is 0 Å². The van der Waals surface area contributed by atoms with E-state index in [0.29, 0.717) is 10.0 Å². The molecule has 0 saturated carbocycles. The molecule has 7 heteroatoms. The summed E-state index contributed by atoms with van der Waals surface area (Å²) in [6.07, 6.45) is -4.45. The van der Waals surface area contributed by atoms with Crippen LogP contribution in [-0.2, 0) is 12.7 Å². The smallest absolute Gasteiger partial charge is 0.381 e. The summed E-state index contributed by atoms with van der Waals surface area (Å²) in [7, 11) is 0. The van der Waals surface area contributed by atoms with Gasteiger partial charge in [-0.2, -0.15) is 13.2 Å². The van der Waals surface area contributed by atoms with Crippen LogP contribution >= 0.6 is 31.9 Å². The lowest BCUT2D eigenvalue weighted by atomic mass is 10.1. The van der Waals surface area contributed by atoms with Crippen molar-refractivity contribution in [2.45, 2.75) is 12.7 Å². The molecule has 112 valence electrons. The van der Waals surface area contributed by atoms with E-state index in [4.69, 9.17) is 0 Å². The lowest BCUT2D eigenvalue weighted by Crippen LogP contribution is -2.08. The first-order chi connectivity index (χ1) is 9.77. The Kier molecular flexibility index (Phi) is 4.93. The minimum Gasteiger partial charge on any atom is -0.381 e. The average Bonchev–Trinajstić information content (AvgIpc) is 2.38. The van der Waals surface area contributed by atoms with Gasteiger partial charge in [0.05, 0.1) is 5.56 Å². The summed E-state index contributed by atoms with van der Waals surface area (Å²) in [5, 5.41) is 2.78. The standard InChI is InChI=1S/C14H9Br2F4N/c15-9-2-1-8(13(17)5-9)7-21-10-3-4-12(16)11(6-10)14(18,19)20/h1-6,21H,7H2. The molecule has 0 amide bonds. The summed E-state index contributed by atoms with van der Waals surface area (Å²) in [4.78, 5) is 0. The number of benzene rings is 2. The SMILES string of the molecule is Fc1cc(Br)ccc1CNc1ccc(Br)c(C(F)(F)F)c1. The molecule has 2 aromatic carbocycles. The van der Waals surface area contributed by atoms with E-state index in [1.807, 2.05) is 0 Å². The molecule has 0 atom stereocenters. The highest BCUT2D eigenvalue weighted by atomic mass is 79.9. The van der Waals surface area contributed by atoms with Gasteiger partial charge in [-0.05, 0) is 30.3 Å². The third-order valence-electron chi connectivity index (χ3n) is 2.77. The molecule has 0 aliphatic heterocycles. The van der Waals surface area contributed by atoms with Crippen molar-refractivity contribution in [1.82, 2.24) is 0 Å². The van der Waals surface area contributed by atoms with E-state index >= 15 is 0 Å². The van der Waals surface area contributed by atoms with Crippen molar-refractivity contribution >= 4 is 37.5 Å². The Balaban J connectivity index is 2.17. The Morgan fingerprint density at radius 2 is 1.71 bits per heavy atom. The van der Waals surface area contributed by atoms with Crippen LogP contribution in [0.25, 0.3) is 0 Å². The topological polar surface area (TPSA) is 12.0 Å². The number of rotatable bonds is 3. The average molecular weight is 427 g/mol. The fraction of sp³-hybridized carbons (Fsp3) is 0.143. The number of halogens is 6. The number of hydrogen-bond acceptors (Lipinski definition) is 1. The minimum atomic E-state index is -4.45. The van der Waals surface area contributed by atoms with E-state index in [-0.39, 0.29) is 16.7 Å². The molecule has 2 aromatic rings. The highest BCUT2D eigenvalue weighted by Crippen LogP contribution is 2.36. The minimum absolute atomic E-state index is 0.0321. The van der Waals surface area contributed by atoms with Gasteiger partial charge in [0.15, 0.2) is 0 Å². The molecule has 0 heterocycles. The van der Waals surface area contributed by atoms with Crippen LogP contribution in [0.1, 0.15) is 11.1 Å². The number of anilines is 1. The van der Waals surface area contributed by atoms with Crippen LogP contribution in [-0.4, -0.2) is 0 Å². The number of nitrogens with one attached hydrogen (secondary N) is 1. The van der Waals surface area contributed by atoms with Crippen LogP contribution in [0.5, 0.6) is 0 Å². The summed E-state index contributed by atoms with van der Waals surface area (Å²) in [5.41, 5.74) is -0.133. The highest BCUT2D eigenvalue weighted by Gasteiger charge is 2.33. The first-order valence-electron chi connectivity index (χ1n) is 5.82. The normalized spacial score (nSPS) is 11.5. The Morgan fingerprint density at radius 1 is 1.00 bits per heavy atom. The molecular weight excluding hydrogens is 418 g/mol. The molecule has 0 aliphatic carbocycles. The van der Waals surface area contributed by atoms with Gasteiger partial charge in [0.2, 0.25) is 0 Å². The van der Waals surface area contributed by atoms with Gasteiger partial charge in [0.25, 0.3) is 0 Å². The summed E-state index contributed by atoms with van der Waals surface area (Å²) < 4.78 is 52.5. The fourth-order valence-corrected chi connectivity index (χ4v) is 2.52. The van der Waals surface area contributed by atoms with Gasteiger partial charge in [0.1, 0.15) is 5.82 Å². The van der Waals surface area contributed by atoms with Gasteiger partial charge >= 0.3 is 6.18 Å². The van der Waals surface area contributed by atoms with Crippen LogP contribution in [0.15, 0.2) is 45.3 Å². The third-order valence-corrected chi connectivity index (χ3v) is 3.95. The lowest BCUT2D eigenvalue weighted by Gasteiger charge is -2.13. The first kappa shape index (κ1) is 16.3. The van der Waals surface area contributed by atoms with Gasteiger partial charge < -0.3 is 5.32 Å².